The molecule has 0 unspecified atom stereocenters. The highest BCUT2D eigenvalue weighted by molar-refractivity contribution is 7.99. The number of pyridine rings is 1. The maximum absolute atomic E-state index is 14.7. The van der Waals surface area contributed by atoms with E-state index in [2.05, 4.69) is 27.0 Å². The number of carbonyl (C=O) groups excluding carboxylic acids is 3. The standard InChI is InChI=1S/C42H48ClN7O6S2/c1-50-37(23-28-13-12-26-7-2-3-9-31(26)28)40(52)48-25-33-32(27-14-16-30(17-15-27)58(54,55)56)18-19-34(43)38(33)57-41-29(8-6-22-46-41)24-47-35(10-4-20-44)39(51)49-36(42(50)53)11-5-21-45/h2-3,6-9,13-19,22,35-37,47H,4-5,10-12,20-21,23-25,44-45H2,1H3,(H,48,52)(H,49,51)(H,54,55,56)/t35-,36-,37-/m0/s1. The lowest BCUT2D eigenvalue weighted by molar-refractivity contribution is -0.142. The summed E-state index contributed by atoms with van der Waals surface area (Å²) in [6, 6.07) is 18.3. The van der Waals surface area contributed by atoms with E-state index in [1.165, 1.54) is 28.8 Å². The molecule has 3 atom stereocenters. The summed E-state index contributed by atoms with van der Waals surface area (Å²) in [7, 11) is -2.86. The van der Waals surface area contributed by atoms with Gasteiger partial charge in [0.25, 0.3) is 10.1 Å². The number of allylic oxidation sites excluding steroid dienone is 1. The molecule has 0 saturated heterocycles. The molecule has 8 N–H and O–H groups in total. The third-order valence-corrected chi connectivity index (χ3v) is 13.0. The monoisotopic (exact) mass is 845 g/mol. The maximum atomic E-state index is 14.7. The van der Waals surface area contributed by atoms with E-state index in [1.54, 1.807) is 43.6 Å². The molecule has 0 radical (unpaired) electrons. The van der Waals surface area contributed by atoms with E-state index in [4.69, 9.17) is 23.1 Å². The van der Waals surface area contributed by atoms with Gasteiger partial charge in [-0.05, 0) is 108 Å². The number of hydrogen-bond donors (Lipinski definition) is 6. The molecule has 16 heteroatoms. The number of rotatable bonds is 10. The maximum Gasteiger partial charge on any atom is 0.294 e. The minimum Gasteiger partial charge on any atom is -0.350 e. The minimum absolute atomic E-state index is 0.0276. The van der Waals surface area contributed by atoms with Crippen LogP contribution in [0.1, 0.15) is 54.4 Å². The van der Waals surface area contributed by atoms with Crippen molar-refractivity contribution in [3.63, 3.8) is 0 Å². The fraction of sp³-hybridized carbons (Fsp3) is 0.333. The molecule has 0 spiro atoms. The van der Waals surface area contributed by atoms with Crippen LogP contribution in [0.15, 0.2) is 99.9 Å². The first kappa shape index (κ1) is 43.0. The van der Waals surface area contributed by atoms with Gasteiger partial charge in [0.05, 0.1) is 16.0 Å². The largest absolute Gasteiger partial charge is 0.350 e. The van der Waals surface area contributed by atoms with Crippen molar-refractivity contribution < 1.29 is 27.4 Å². The van der Waals surface area contributed by atoms with E-state index in [0.717, 1.165) is 22.3 Å². The lowest BCUT2D eigenvalue weighted by Gasteiger charge is -2.32. The van der Waals surface area contributed by atoms with Crippen LogP contribution in [0.2, 0.25) is 5.02 Å². The summed E-state index contributed by atoms with van der Waals surface area (Å²) in [6.45, 7) is 0.888. The molecular weight excluding hydrogens is 798 g/mol. The molecule has 4 aromatic rings. The Bertz CT molecular complexity index is 2290. The molecule has 1 aromatic heterocycles. The lowest BCUT2D eigenvalue weighted by Crippen LogP contribution is -2.56. The van der Waals surface area contributed by atoms with Gasteiger partial charge in [-0.2, -0.15) is 8.42 Å². The first-order valence-corrected chi connectivity index (χ1v) is 21.8. The number of hydrogen-bond acceptors (Lipinski definition) is 10. The van der Waals surface area contributed by atoms with Crippen LogP contribution >= 0.6 is 23.4 Å². The van der Waals surface area contributed by atoms with Gasteiger partial charge in [-0.15, -0.1) is 0 Å². The molecule has 3 amide bonds. The van der Waals surface area contributed by atoms with Crippen molar-refractivity contribution in [2.24, 2.45) is 11.5 Å². The van der Waals surface area contributed by atoms with Crippen LogP contribution < -0.4 is 27.4 Å². The molecule has 3 aromatic carbocycles. The third kappa shape index (κ3) is 10.1. The topological polar surface area (TPSA) is 210 Å². The third-order valence-electron chi connectivity index (χ3n) is 10.5. The Kier molecular flexibility index (Phi) is 14.4. The molecule has 13 nitrogen and oxygen atoms in total. The fourth-order valence-corrected chi connectivity index (χ4v) is 9.12. The highest BCUT2D eigenvalue weighted by Gasteiger charge is 2.35. The van der Waals surface area contributed by atoms with E-state index in [0.29, 0.717) is 70.4 Å². The van der Waals surface area contributed by atoms with Crippen LogP contribution in [0.5, 0.6) is 0 Å². The quantitative estimate of drug-likeness (QED) is 0.121. The van der Waals surface area contributed by atoms with Crippen LogP contribution in [0.3, 0.4) is 0 Å². The molecule has 6 rings (SSSR count). The van der Waals surface area contributed by atoms with Crippen molar-refractivity contribution in [3.05, 3.63) is 112 Å². The summed E-state index contributed by atoms with van der Waals surface area (Å²) in [4.78, 5) is 49.7. The van der Waals surface area contributed by atoms with Crippen molar-refractivity contribution in [2.45, 2.75) is 84.6 Å². The molecule has 58 heavy (non-hydrogen) atoms. The van der Waals surface area contributed by atoms with Crippen LogP contribution in [-0.2, 0) is 44.0 Å². The van der Waals surface area contributed by atoms with Crippen LogP contribution in [0.25, 0.3) is 16.7 Å². The summed E-state index contributed by atoms with van der Waals surface area (Å²) in [5.74, 6) is -1.23. The average molecular weight is 846 g/mol. The first-order valence-electron chi connectivity index (χ1n) is 19.2. The lowest BCUT2D eigenvalue weighted by atomic mass is 9.97. The average Bonchev–Trinajstić information content (AvgIpc) is 3.63. The number of halogens is 1. The second-order valence-electron chi connectivity index (χ2n) is 14.3. The second kappa shape index (κ2) is 19.4. The fourth-order valence-electron chi connectivity index (χ4n) is 7.30. The highest BCUT2D eigenvalue weighted by atomic mass is 35.5. The summed E-state index contributed by atoms with van der Waals surface area (Å²) in [5.41, 5.74) is 17.5. The van der Waals surface area contributed by atoms with Gasteiger partial charge in [-0.25, -0.2) is 4.98 Å². The molecular formula is C42H48ClN7O6S2. The Labute approximate surface area is 348 Å². The second-order valence-corrected chi connectivity index (χ2v) is 17.1. The number of nitrogens with two attached hydrogens (primary N) is 2. The van der Waals surface area contributed by atoms with Crippen molar-refractivity contribution in [2.75, 3.05) is 20.1 Å². The van der Waals surface area contributed by atoms with E-state index < -0.39 is 40.1 Å². The van der Waals surface area contributed by atoms with Crippen LogP contribution in [0.4, 0.5) is 0 Å². The van der Waals surface area contributed by atoms with E-state index in [1.807, 2.05) is 30.3 Å². The van der Waals surface area contributed by atoms with Gasteiger partial charge in [0, 0.05) is 37.7 Å². The van der Waals surface area contributed by atoms with E-state index in [-0.39, 0.29) is 36.7 Å². The number of nitrogens with zero attached hydrogens (tertiary/aromatic N) is 2. The summed E-state index contributed by atoms with van der Waals surface area (Å²) >= 11 is 8.27. The van der Waals surface area contributed by atoms with Gasteiger partial charge < -0.3 is 32.3 Å². The van der Waals surface area contributed by atoms with E-state index in [9.17, 15) is 27.4 Å². The van der Waals surface area contributed by atoms with Crippen molar-refractivity contribution in [1.29, 1.82) is 0 Å². The van der Waals surface area contributed by atoms with Gasteiger partial charge in [0.1, 0.15) is 17.1 Å². The molecule has 0 fully saturated rings. The van der Waals surface area contributed by atoms with Crippen molar-refractivity contribution >= 4 is 56.8 Å². The molecule has 0 saturated carbocycles. The predicted octanol–water partition coefficient (Wildman–Crippen LogP) is 4.71. The Balaban J connectivity index is 1.47. The number of aromatic nitrogens is 1. The molecule has 2 heterocycles. The number of amides is 3. The Morgan fingerprint density at radius 3 is 2.31 bits per heavy atom. The van der Waals surface area contributed by atoms with Crippen LogP contribution in [0, 0.1) is 0 Å². The van der Waals surface area contributed by atoms with Crippen molar-refractivity contribution in [3.8, 4) is 11.1 Å². The highest BCUT2D eigenvalue weighted by Crippen LogP contribution is 2.41. The van der Waals surface area contributed by atoms with Gasteiger partial charge in [-0.3, -0.25) is 18.9 Å². The number of benzene rings is 3. The number of carbonyl (C=O) groups is 3. The van der Waals surface area contributed by atoms with Gasteiger partial charge >= 0.3 is 0 Å². The summed E-state index contributed by atoms with van der Waals surface area (Å²) < 4.78 is 33.4. The smallest absolute Gasteiger partial charge is 0.294 e. The summed E-state index contributed by atoms with van der Waals surface area (Å²) in [5, 5.41) is 10.5. The van der Waals surface area contributed by atoms with Crippen molar-refractivity contribution in [1.82, 2.24) is 25.8 Å². The van der Waals surface area contributed by atoms with Crippen LogP contribution in [-0.4, -0.2) is 78.8 Å². The number of nitrogens with one attached hydrogen (secondary N) is 3. The van der Waals surface area contributed by atoms with Gasteiger partial charge in [0.15, 0.2) is 0 Å². The Morgan fingerprint density at radius 1 is 0.879 bits per heavy atom. The molecule has 2 aliphatic rings. The molecule has 1 aliphatic carbocycles. The molecule has 1 aliphatic heterocycles. The zero-order chi connectivity index (χ0) is 41.4. The normalized spacial score (nSPS) is 19.3. The van der Waals surface area contributed by atoms with Gasteiger partial charge in [0.2, 0.25) is 17.7 Å². The van der Waals surface area contributed by atoms with E-state index >= 15 is 0 Å². The SMILES string of the molecule is CN1C(=O)[C@H](CCCN)NC(=O)[C@H](CCCN)NCc2cccnc2Sc2c(Cl)ccc(-c3ccc(S(=O)(=O)O)cc3)c2CNC(=O)[C@@H]1CC1=CCc2ccccc21. The minimum atomic E-state index is -4.45. The number of fused-ring (bicyclic) bond motifs is 3. The predicted molar refractivity (Wildman–Crippen MR) is 225 cm³/mol. The first-order chi connectivity index (χ1) is 27.9. The summed E-state index contributed by atoms with van der Waals surface area (Å²) in [6.07, 6.45) is 6.33. The Morgan fingerprint density at radius 2 is 1.59 bits per heavy atom. The zero-order valence-electron chi connectivity index (χ0n) is 32.1. The zero-order valence-corrected chi connectivity index (χ0v) is 34.5. The van der Waals surface area contributed by atoms with Gasteiger partial charge in [-0.1, -0.05) is 78.0 Å². The number of likely N-dealkylation sites (N-methyl/N-ethyl adjacent to an activating group) is 1. The molecule has 306 valence electrons. The Hall–Kier alpha value is -4.61. The molecule has 0 bridgehead atoms.